The van der Waals surface area contributed by atoms with Gasteiger partial charge in [0.2, 0.25) is 0 Å². The molecule has 0 radical (unpaired) electrons. The Morgan fingerprint density at radius 1 is 1.19 bits per heavy atom. The van der Waals surface area contributed by atoms with E-state index in [1.165, 1.54) is 30.3 Å². The lowest BCUT2D eigenvalue weighted by Gasteiger charge is -2.14. The van der Waals surface area contributed by atoms with E-state index in [1.54, 1.807) is 0 Å². The third-order valence-corrected chi connectivity index (χ3v) is 3.01. The maximum absolute atomic E-state index is 13.0. The zero-order valence-electron chi connectivity index (χ0n) is 10.9. The predicted octanol–water partition coefficient (Wildman–Crippen LogP) is 3.90. The minimum atomic E-state index is -4.58. The molecule has 2 aromatic rings. The SMILES string of the molecule is COc1ccc(-c2cccc(C=O)c2O)cc1C(F)(F)F. The molecule has 0 saturated heterocycles. The molecule has 1 N–H and O–H groups in total. The highest BCUT2D eigenvalue weighted by Crippen LogP contribution is 2.40. The van der Waals surface area contributed by atoms with Crippen molar-refractivity contribution in [1.82, 2.24) is 0 Å². The van der Waals surface area contributed by atoms with E-state index in [0.29, 0.717) is 6.29 Å². The molecule has 0 aliphatic carbocycles. The van der Waals surface area contributed by atoms with Crippen LogP contribution >= 0.6 is 0 Å². The summed E-state index contributed by atoms with van der Waals surface area (Å²) in [6.45, 7) is 0. The summed E-state index contributed by atoms with van der Waals surface area (Å²) in [7, 11) is 1.15. The highest BCUT2D eigenvalue weighted by Gasteiger charge is 2.34. The third-order valence-electron chi connectivity index (χ3n) is 3.01. The molecule has 2 rings (SSSR count). The standard InChI is InChI=1S/C15H11F3O3/c1-21-13-6-5-9(7-12(13)15(16,17)18)11-4-2-3-10(8-19)14(11)20/h2-8,20H,1H3. The van der Waals surface area contributed by atoms with Gasteiger partial charge in [-0.25, -0.2) is 0 Å². The van der Waals surface area contributed by atoms with Crippen molar-refractivity contribution in [1.29, 1.82) is 0 Å². The summed E-state index contributed by atoms with van der Waals surface area (Å²) in [5.41, 5.74) is -0.646. The molecule has 0 aliphatic rings. The molecule has 0 atom stereocenters. The summed E-state index contributed by atoms with van der Waals surface area (Å²) >= 11 is 0. The van der Waals surface area contributed by atoms with Gasteiger partial charge in [-0.2, -0.15) is 13.2 Å². The number of hydrogen-bond acceptors (Lipinski definition) is 3. The number of carbonyl (C=O) groups excluding carboxylic acids is 1. The smallest absolute Gasteiger partial charge is 0.419 e. The quantitative estimate of drug-likeness (QED) is 0.874. The van der Waals surface area contributed by atoms with Crippen molar-refractivity contribution < 1.29 is 27.8 Å². The number of benzene rings is 2. The number of hydrogen-bond donors (Lipinski definition) is 1. The van der Waals surface area contributed by atoms with Gasteiger partial charge in [0.05, 0.1) is 18.2 Å². The van der Waals surface area contributed by atoms with Gasteiger partial charge in [0.1, 0.15) is 11.5 Å². The Labute approximate surface area is 118 Å². The second kappa shape index (κ2) is 5.47. The Bertz CT molecular complexity index is 678. The summed E-state index contributed by atoms with van der Waals surface area (Å²) in [4.78, 5) is 10.8. The monoisotopic (exact) mass is 296 g/mol. The van der Waals surface area contributed by atoms with Crippen molar-refractivity contribution in [2.24, 2.45) is 0 Å². The first-order chi connectivity index (χ1) is 9.88. The van der Waals surface area contributed by atoms with E-state index in [4.69, 9.17) is 4.74 Å². The fourth-order valence-electron chi connectivity index (χ4n) is 1.99. The third kappa shape index (κ3) is 2.84. The molecule has 21 heavy (non-hydrogen) atoms. The summed E-state index contributed by atoms with van der Waals surface area (Å²) in [5, 5.41) is 9.92. The zero-order valence-corrected chi connectivity index (χ0v) is 10.9. The van der Waals surface area contributed by atoms with Crippen molar-refractivity contribution >= 4 is 6.29 Å². The van der Waals surface area contributed by atoms with Gasteiger partial charge in [0.15, 0.2) is 6.29 Å². The lowest BCUT2D eigenvalue weighted by molar-refractivity contribution is -0.138. The number of carbonyl (C=O) groups is 1. The van der Waals surface area contributed by atoms with Gasteiger partial charge >= 0.3 is 6.18 Å². The Morgan fingerprint density at radius 3 is 2.48 bits per heavy atom. The van der Waals surface area contributed by atoms with Crippen molar-refractivity contribution in [3.63, 3.8) is 0 Å². The number of alkyl halides is 3. The van der Waals surface area contributed by atoms with E-state index in [-0.39, 0.29) is 28.2 Å². The average molecular weight is 296 g/mol. The number of methoxy groups -OCH3 is 1. The molecule has 0 aliphatic heterocycles. The van der Waals surface area contributed by atoms with E-state index in [2.05, 4.69) is 0 Å². The van der Waals surface area contributed by atoms with Crippen LogP contribution in [0.5, 0.6) is 11.5 Å². The summed E-state index contributed by atoms with van der Waals surface area (Å²) < 4.78 is 43.6. The number of phenolic OH excluding ortho intramolecular Hbond substituents is 1. The average Bonchev–Trinajstić information content (AvgIpc) is 2.46. The number of aromatic hydroxyl groups is 1. The number of phenols is 1. The molecule has 0 unspecified atom stereocenters. The number of ether oxygens (including phenoxy) is 1. The van der Waals surface area contributed by atoms with E-state index in [0.717, 1.165) is 13.2 Å². The van der Waals surface area contributed by atoms with Gasteiger partial charge in [-0.05, 0) is 23.8 Å². The molecule has 0 aromatic heterocycles. The van der Waals surface area contributed by atoms with Crippen LogP contribution in [0, 0.1) is 0 Å². The van der Waals surface area contributed by atoms with Crippen molar-refractivity contribution in [3.05, 3.63) is 47.5 Å². The predicted molar refractivity (Wildman–Crippen MR) is 70.5 cm³/mol. The van der Waals surface area contributed by atoms with E-state index < -0.39 is 11.7 Å². The van der Waals surface area contributed by atoms with Crippen molar-refractivity contribution in [3.8, 4) is 22.6 Å². The van der Waals surface area contributed by atoms with Crippen LogP contribution in [0.4, 0.5) is 13.2 Å². The lowest BCUT2D eigenvalue weighted by Crippen LogP contribution is -2.07. The minimum absolute atomic E-state index is 0.0110. The number of rotatable bonds is 3. The van der Waals surface area contributed by atoms with Crippen molar-refractivity contribution in [2.75, 3.05) is 7.11 Å². The molecule has 110 valence electrons. The first kappa shape index (κ1) is 14.9. The Hall–Kier alpha value is -2.50. The van der Waals surface area contributed by atoms with Gasteiger partial charge in [-0.15, -0.1) is 0 Å². The van der Waals surface area contributed by atoms with Gasteiger partial charge in [0, 0.05) is 5.56 Å². The molecule has 0 heterocycles. The highest BCUT2D eigenvalue weighted by atomic mass is 19.4. The van der Waals surface area contributed by atoms with Crippen molar-refractivity contribution in [2.45, 2.75) is 6.18 Å². The molecule has 6 heteroatoms. The lowest BCUT2D eigenvalue weighted by atomic mass is 9.99. The largest absolute Gasteiger partial charge is 0.507 e. The molecule has 0 saturated carbocycles. The molecule has 2 aromatic carbocycles. The Kier molecular flexibility index (Phi) is 3.88. The molecule has 0 fully saturated rings. The fourth-order valence-corrected chi connectivity index (χ4v) is 1.99. The van der Waals surface area contributed by atoms with Gasteiger partial charge in [-0.3, -0.25) is 4.79 Å². The van der Waals surface area contributed by atoms with Gasteiger partial charge in [-0.1, -0.05) is 18.2 Å². The van der Waals surface area contributed by atoms with Crippen LogP contribution in [0.3, 0.4) is 0 Å². The van der Waals surface area contributed by atoms with Crippen LogP contribution in [-0.2, 0) is 6.18 Å². The molecule has 0 spiro atoms. The fraction of sp³-hybridized carbons (Fsp3) is 0.133. The maximum atomic E-state index is 13.0. The van der Waals surface area contributed by atoms with Crippen LogP contribution in [0.1, 0.15) is 15.9 Å². The highest BCUT2D eigenvalue weighted by molar-refractivity contribution is 5.86. The van der Waals surface area contributed by atoms with Crippen LogP contribution in [0.15, 0.2) is 36.4 Å². The van der Waals surface area contributed by atoms with E-state index in [9.17, 15) is 23.1 Å². The molecule has 3 nitrogen and oxygen atoms in total. The number of para-hydroxylation sites is 1. The second-order valence-electron chi connectivity index (χ2n) is 4.27. The van der Waals surface area contributed by atoms with Gasteiger partial charge < -0.3 is 9.84 Å². The van der Waals surface area contributed by atoms with Gasteiger partial charge in [0.25, 0.3) is 0 Å². The molecule has 0 bridgehead atoms. The molecular weight excluding hydrogens is 285 g/mol. The number of halogens is 3. The molecular formula is C15H11F3O3. The summed E-state index contributed by atoms with van der Waals surface area (Å²) in [5.74, 6) is -0.664. The first-order valence-electron chi connectivity index (χ1n) is 5.91. The topological polar surface area (TPSA) is 46.5 Å². The van der Waals surface area contributed by atoms with Crippen LogP contribution in [-0.4, -0.2) is 18.5 Å². The molecule has 0 amide bonds. The van der Waals surface area contributed by atoms with Crippen LogP contribution in [0.2, 0.25) is 0 Å². The zero-order chi connectivity index (χ0) is 15.6. The Balaban J connectivity index is 2.64. The van der Waals surface area contributed by atoms with E-state index >= 15 is 0 Å². The number of aldehydes is 1. The maximum Gasteiger partial charge on any atom is 0.419 e. The van der Waals surface area contributed by atoms with Crippen LogP contribution < -0.4 is 4.74 Å². The summed E-state index contributed by atoms with van der Waals surface area (Å²) in [6.07, 6.45) is -4.15. The Morgan fingerprint density at radius 2 is 1.90 bits per heavy atom. The van der Waals surface area contributed by atoms with Crippen LogP contribution in [0.25, 0.3) is 11.1 Å². The van der Waals surface area contributed by atoms with E-state index in [1.807, 2.05) is 0 Å². The first-order valence-corrected chi connectivity index (χ1v) is 5.91. The summed E-state index contributed by atoms with van der Waals surface area (Å²) in [6, 6.07) is 7.73. The second-order valence-corrected chi connectivity index (χ2v) is 4.27. The normalized spacial score (nSPS) is 11.2. The minimum Gasteiger partial charge on any atom is -0.507 e.